The molecular weight excluding hydrogens is 330 g/mol. The highest BCUT2D eigenvalue weighted by atomic mass is 32.2. The number of aromatic carboxylic acids is 1. The van der Waals surface area contributed by atoms with E-state index in [2.05, 4.69) is 9.71 Å². The van der Waals surface area contributed by atoms with Gasteiger partial charge in [0.2, 0.25) is 0 Å². The molecule has 0 saturated carbocycles. The van der Waals surface area contributed by atoms with Gasteiger partial charge in [-0.05, 0) is 37.0 Å². The number of benzene rings is 1. The smallest absolute Gasteiger partial charge is 0.335 e. The first-order valence-electron chi connectivity index (χ1n) is 7.84. The van der Waals surface area contributed by atoms with Crippen LogP contribution in [0.4, 0.5) is 0 Å². The van der Waals surface area contributed by atoms with E-state index in [0.717, 1.165) is 37.2 Å². The van der Waals surface area contributed by atoms with Crippen LogP contribution in [0, 0.1) is 0 Å². The molecule has 0 spiro atoms. The summed E-state index contributed by atoms with van der Waals surface area (Å²) in [6.07, 6.45) is 4.87. The van der Waals surface area contributed by atoms with Crippen molar-refractivity contribution in [2.75, 3.05) is 6.54 Å². The lowest BCUT2D eigenvalue weighted by Crippen LogP contribution is -2.26. The molecule has 0 saturated heterocycles. The minimum absolute atomic E-state index is 0.0543. The number of hydrogen-bond acceptors (Lipinski definition) is 4. The molecular formula is C16H19N3O4S. The van der Waals surface area contributed by atoms with Crippen molar-refractivity contribution in [3.8, 4) is 0 Å². The molecule has 0 fully saturated rings. The second kappa shape index (κ2) is 6.74. The molecule has 1 aromatic carbocycles. The highest BCUT2D eigenvalue weighted by Crippen LogP contribution is 2.17. The number of nitrogens with zero attached hydrogens (tertiary/aromatic N) is 2. The number of rotatable bonds is 6. The number of hydrogen-bond donors (Lipinski definition) is 2. The van der Waals surface area contributed by atoms with Gasteiger partial charge in [-0.15, -0.1) is 0 Å². The standard InChI is InChI=1S/C16H19N3O4S/c20-16(21)13-5-3-4-12(10-13)7-8-17-24(22,23)15-11-19-9-2-1-6-14(19)18-15/h3-5,10-11,17H,1-2,6-9H2,(H,20,21). The summed E-state index contributed by atoms with van der Waals surface area (Å²) in [6, 6.07) is 6.48. The largest absolute Gasteiger partial charge is 0.478 e. The van der Waals surface area contributed by atoms with E-state index in [9.17, 15) is 13.2 Å². The molecule has 1 aliphatic rings. The third kappa shape index (κ3) is 3.65. The van der Waals surface area contributed by atoms with Crippen LogP contribution >= 0.6 is 0 Å². The predicted molar refractivity (Wildman–Crippen MR) is 87.5 cm³/mol. The minimum Gasteiger partial charge on any atom is -0.478 e. The summed E-state index contributed by atoms with van der Waals surface area (Å²) in [5.41, 5.74) is 0.957. The van der Waals surface area contributed by atoms with Crippen LogP contribution in [0.2, 0.25) is 0 Å². The van der Waals surface area contributed by atoms with Crippen LogP contribution in [0.15, 0.2) is 35.5 Å². The monoisotopic (exact) mass is 349 g/mol. The summed E-state index contributed by atoms with van der Waals surface area (Å²) >= 11 is 0. The van der Waals surface area contributed by atoms with E-state index < -0.39 is 16.0 Å². The van der Waals surface area contributed by atoms with Crippen LogP contribution in [-0.4, -0.2) is 35.6 Å². The Morgan fingerprint density at radius 1 is 1.33 bits per heavy atom. The maximum atomic E-state index is 12.3. The fraction of sp³-hybridized carbons (Fsp3) is 0.375. The van der Waals surface area contributed by atoms with Gasteiger partial charge in [0.25, 0.3) is 10.0 Å². The summed E-state index contributed by atoms with van der Waals surface area (Å²) in [4.78, 5) is 15.2. The highest BCUT2D eigenvalue weighted by Gasteiger charge is 2.21. The first-order valence-corrected chi connectivity index (χ1v) is 9.32. The molecule has 0 unspecified atom stereocenters. The van der Waals surface area contributed by atoms with Crippen LogP contribution in [0.1, 0.15) is 34.6 Å². The summed E-state index contributed by atoms with van der Waals surface area (Å²) in [5, 5.41) is 9.02. The second-order valence-corrected chi connectivity index (χ2v) is 7.51. The van der Waals surface area contributed by atoms with Gasteiger partial charge in [0.05, 0.1) is 5.56 Å². The number of imidazole rings is 1. The van der Waals surface area contributed by atoms with Gasteiger partial charge in [-0.3, -0.25) is 0 Å². The van der Waals surface area contributed by atoms with E-state index in [1.807, 2.05) is 4.57 Å². The third-order valence-electron chi connectivity index (χ3n) is 4.04. The Morgan fingerprint density at radius 3 is 2.92 bits per heavy atom. The normalized spacial score (nSPS) is 14.3. The second-order valence-electron chi connectivity index (χ2n) is 5.80. The molecule has 2 N–H and O–H groups in total. The van der Waals surface area contributed by atoms with Crippen LogP contribution in [-0.2, 0) is 29.4 Å². The van der Waals surface area contributed by atoms with E-state index in [4.69, 9.17) is 5.11 Å². The summed E-state index contributed by atoms with van der Waals surface area (Å²) in [6.45, 7) is 0.993. The van der Waals surface area contributed by atoms with E-state index in [1.54, 1.807) is 24.4 Å². The van der Waals surface area contributed by atoms with E-state index in [0.29, 0.717) is 6.42 Å². The number of fused-ring (bicyclic) bond motifs is 1. The Morgan fingerprint density at radius 2 is 2.17 bits per heavy atom. The summed E-state index contributed by atoms with van der Waals surface area (Å²) in [5.74, 6) is -0.184. The maximum Gasteiger partial charge on any atom is 0.335 e. The van der Waals surface area contributed by atoms with Crippen molar-refractivity contribution >= 4 is 16.0 Å². The lowest BCUT2D eigenvalue weighted by molar-refractivity contribution is 0.0696. The Balaban J connectivity index is 1.64. The van der Waals surface area contributed by atoms with Gasteiger partial charge in [0, 0.05) is 25.7 Å². The minimum atomic E-state index is -3.65. The van der Waals surface area contributed by atoms with Crippen LogP contribution in [0.5, 0.6) is 0 Å². The van der Waals surface area contributed by atoms with Crippen molar-refractivity contribution in [2.24, 2.45) is 0 Å². The summed E-state index contributed by atoms with van der Waals surface area (Å²) < 4.78 is 29.1. The zero-order valence-electron chi connectivity index (χ0n) is 13.1. The summed E-state index contributed by atoms with van der Waals surface area (Å²) in [7, 11) is -3.65. The highest BCUT2D eigenvalue weighted by molar-refractivity contribution is 7.89. The van der Waals surface area contributed by atoms with Crippen molar-refractivity contribution in [2.45, 2.75) is 37.3 Å². The lowest BCUT2D eigenvalue weighted by atomic mass is 10.1. The first kappa shape index (κ1) is 16.7. The van der Waals surface area contributed by atoms with Crippen LogP contribution in [0.25, 0.3) is 0 Å². The van der Waals surface area contributed by atoms with Crippen molar-refractivity contribution < 1.29 is 18.3 Å². The average molecular weight is 349 g/mol. The molecule has 128 valence electrons. The van der Waals surface area contributed by atoms with Crippen molar-refractivity contribution in [1.82, 2.24) is 14.3 Å². The average Bonchev–Trinajstić information content (AvgIpc) is 3.00. The van der Waals surface area contributed by atoms with E-state index in [1.165, 1.54) is 6.07 Å². The molecule has 24 heavy (non-hydrogen) atoms. The molecule has 0 radical (unpaired) electrons. The van der Waals surface area contributed by atoms with Crippen molar-refractivity contribution in [1.29, 1.82) is 0 Å². The first-order chi connectivity index (χ1) is 11.5. The predicted octanol–water partition coefficient (Wildman–Crippen LogP) is 1.44. The van der Waals surface area contributed by atoms with Gasteiger partial charge in [0.15, 0.2) is 5.03 Å². The van der Waals surface area contributed by atoms with Gasteiger partial charge in [-0.2, -0.15) is 0 Å². The fourth-order valence-corrected chi connectivity index (χ4v) is 3.79. The molecule has 0 aliphatic carbocycles. The number of carbonyl (C=O) groups is 1. The molecule has 2 heterocycles. The van der Waals surface area contributed by atoms with Crippen molar-refractivity contribution in [3.05, 3.63) is 47.4 Å². The quantitative estimate of drug-likeness (QED) is 0.822. The van der Waals surface area contributed by atoms with Gasteiger partial charge >= 0.3 is 5.97 Å². The molecule has 7 nitrogen and oxygen atoms in total. The van der Waals surface area contributed by atoms with E-state index in [-0.39, 0.29) is 17.1 Å². The molecule has 0 amide bonds. The number of nitrogens with one attached hydrogen (secondary N) is 1. The number of carboxylic acids is 1. The molecule has 0 bridgehead atoms. The number of aryl methyl sites for hydroxylation is 2. The number of aromatic nitrogens is 2. The van der Waals surface area contributed by atoms with Gasteiger partial charge in [-0.1, -0.05) is 12.1 Å². The van der Waals surface area contributed by atoms with E-state index >= 15 is 0 Å². The van der Waals surface area contributed by atoms with Gasteiger partial charge < -0.3 is 9.67 Å². The van der Waals surface area contributed by atoms with Crippen LogP contribution in [0.3, 0.4) is 0 Å². The molecule has 1 aliphatic heterocycles. The van der Waals surface area contributed by atoms with Crippen molar-refractivity contribution in [3.63, 3.8) is 0 Å². The topological polar surface area (TPSA) is 101 Å². The number of carboxylic acid groups (broad SMARTS) is 1. The molecule has 1 aromatic heterocycles. The van der Waals surface area contributed by atoms with Crippen LogP contribution < -0.4 is 4.72 Å². The molecule has 8 heteroatoms. The van der Waals surface area contributed by atoms with Gasteiger partial charge in [0.1, 0.15) is 5.82 Å². The SMILES string of the molecule is O=C(O)c1cccc(CCNS(=O)(=O)c2cn3c(n2)CCCC3)c1. The zero-order valence-corrected chi connectivity index (χ0v) is 13.9. The Kier molecular flexibility index (Phi) is 4.68. The third-order valence-corrected chi connectivity index (χ3v) is 5.37. The Hall–Kier alpha value is -2.19. The lowest BCUT2D eigenvalue weighted by Gasteiger charge is -2.11. The molecule has 2 aromatic rings. The van der Waals surface area contributed by atoms with Gasteiger partial charge in [-0.25, -0.2) is 22.9 Å². The maximum absolute atomic E-state index is 12.3. The Labute approximate surface area is 140 Å². The molecule has 0 atom stereocenters. The number of sulfonamides is 1. The fourth-order valence-electron chi connectivity index (χ4n) is 2.78. The zero-order chi connectivity index (χ0) is 17.2. The Bertz CT molecular complexity index is 834. The molecule has 3 rings (SSSR count).